The number of fused-ring (bicyclic) bond motifs is 2. The number of rotatable bonds is 6. The van der Waals surface area contributed by atoms with Crippen molar-refractivity contribution in [1.29, 1.82) is 0 Å². The molecule has 0 fully saturated rings. The first-order valence-corrected chi connectivity index (χ1v) is 15.0. The SMILES string of the molecule is O=C1NC(=O)c2c(OS(=O)(=O)C(F)(F)F)cccc21.O=C1c2cccc(OS(=O)(=O)C(F)(F)F)c2C(=O)N1c1ccc(OC(F)(F)F)cc1. The van der Waals surface area contributed by atoms with E-state index in [0.29, 0.717) is 4.90 Å². The predicted octanol–water partition coefficient (Wildman–Crippen LogP) is 4.41. The Balaban J connectivity index is 0.000000244. The molecule has 2 heterocycles. The lowest BCUT2D eigenvalue weighted by Crippen LogP contribution is -2.30. The van der Waals surface area contributed by atoms with Crippen molar-refractivity contribution in [2.24, 2.45) is 0 Å². The normalized spacial score (nSPS) is 14.8. The van der Waals surface area contributed by atoms with Crippen LogP contribution in [0, 0.1) is 0 Å². The van der Waals surface area contributed by atoms with Crippen molar-refractivity contribution in [1.82, 2.24) is 5.32 Å². The molecular formula is C25H11F9N2O11S2. The van der Waals surface area contributed by atoms with Crippen molar-refractivity contribution < 1.29 is 88.6 Å². The maximum atomic E-state index is 12.6. The number of nitrogens with one attached hydrogen (secondary N) is 1. The number of nitrogens with zero attached hydrogens (tertiary/aromatic N) is 1. The van der Waals surface area contributed by atoms with Gasteiger partial charge in [0.15, 0.2) is 11.5 Å². The molecule has 0 aromatic heterocycles. The molecule has 49 heavy (non-hydrogen) atoms. The number of amides is 4. The summed E-state index contributed by atoms with van der Waals surface area (Å²) in [4.78, 5) is 48.1. The molecule has 13 nitrogen and oxygen atoms in total. The predicted molar refractivity (Wildman–Crippen MR) is 140 cm³/mol. The number of imide groups is 2. The highest BCUT2D eigenvalue weighted by Crippen LogP contribution is 2.37. The summed E-state index contributed by atoms with van der Waals surface area (Å²) < 4.78 is 167. The van der Waals surface area contributed by atoms with Crippen LogP contribution in [0.2, 0.25) is 0 Å². The molecule has 0 bridgehead atoms. The Labute approximate surface area is 266 Å². The molecule has 2 aliphatic rings. The molecule has 262 valence electrons. The molecule has 0 saturated carbocycles. The molecule has 0 aliphatic carbocycles. The summed E-state index contributed by atoms with van der Waals surface area (Å²) in [6, 6.07) is 9.35. The number of alkyl halides is 9. The molecule has 3 aromatic rings. The van der Waals surface area contributed by atoms with E-state index in [0.717, 1.165) is 60.7 Å². The Bertz CT molecular complexity index is 2100. The second-order valence-corrected chi connectivity index (χ2v) is 12.2. The summed E-state index contributed by atoms with van der Waals surface area (Å²) in [6.45, 7) is 0. The van der Waals surface area contributed by atoms with Gasteiger partial charge in [0.2, 0.25) is 0 Å². The summed E-state index contributed by atoms with van der Waals surface area (Å²) >= 11 is 0. The minimum Gasteiger partial charge on any atom is -0.406 e. The van der Waals surface area contributed by atoms with Crippen LogP contribution < -0.4 is 23.3 Å². The zero-order valence-electron chi connectivity index (χ0n) is 22.9. The van der Waals surface area contributed by atoms with Gasteiger partial charge in [-0.25, -0.2) is 4.90 Å². The van der Waals surface area contributed by atoms with Crippen LogP contribution >= 0.6 is 0 Å². The van der Waals surface area contributed by atoms with E-state index in [4.69, 9.17) is 0 Å². The van der Waals surface area contributed by atoms with E-state index in [1.807, 2.05) is 5.32 Å². The van der Waals surface area contributed by atoms with Crippen molar-refractivity contribution in [3.05, 3.63) is 82.9 Å². The molecule has 5 rings (SSSR count). The molecular weight excluding hydrogens is 739 g/mol. The van der Waals surface area contributed by atoms with Gasteiger partial charge in [0, 0.05) is 0 Å². The Morgan fingerprint density at radius 1 is 0.571 bits per heavy atom. The molecule has 0 saturated heterocycles. The van der Waals surface area contributed by atoms with E-state index >= 15 is 0 Å². The van der Waals surface area contributed by atoms with Gasteiger partial charge in [-0.3, -0.25) is 24.5 Å². The summed E-state index contributed by atoms with van der Waals surface area (Å²) in [5.41, 5.74) is -13.6. The first-order chi connectivity index (χ1) is 22.3. The maximum absolute atomic E-state index is 12.6. The molecule has 0 spiro atoms. The van der Waals surface area contributed by atoms with Crippen LogP contribution in [0.3, 0.4) is 0 Å². The van der Waals surface area contributed by atoms with Crippen molar-refractivity contribution in [3.8, 4) is 17.2 Å². The first kappa shape index (κ1) is 36.4. The lowest BCUT2D eigenvalue weighted by molar-refractivity contribution is -0.274. The van der Waals surface area contributed by atoms with E-state index in [2.05, 4.69) is 13.1 Å². The quantitative estimate of drug-likeness (QED) is 0.163. The fourth-order valence-corrected chi connectivity index (χ4v) is 4.88. The number of halogens is 9. The Hall–Kier alpha value is -5.39. The average Bonchev–Trinajstić information content (AvgIpc) is 3.39. The zero-order chi connectivity index (χ0) is 36.9. The first-order valence-electron chi connectivity index (χ1n) is 12.2. The summed E-state index contributed by atoms with van der Waals surface area (Å²) in [5.74, 6) is -6.66. The van der Waals surface area contributed by atoms with Crippen LogP contribution in [0.1, 0.15) is 41.4 Å². The third-order valence-electron chi connectivity index (χ3n) is 5.90. The number of carbonyl (C=O) groups excluding carboxylic acids is 4. The maximum Gasteiger partial charge on any atom is 0.573 e. The minimum atomic E-state index is -6.12. The minimum absolute atomic E-state index is 0.236. The lowest BCUT2D eigenvalue weighted by Gasteiger charge is -2.15. The fourth-order valence-electron chi connectivity index (χ4n) is 3.94. The number of ether oxygens (including phenoxy) is 1. The van der Waals surface area contributed by atoms with Crippen molar-refractivity contribution in [2.75, 3.05) is 4.90 Å². The third-order valence-corrected chi connectivity index (χ3v) is 7.83. The Morgan fingerprint density at radius 2 is 1.04 bits per heavy atom. The average molecular weight is 750 g/mol. The number of hydrogen-bond acceptors (Lipinski definition) is 11. The van der Waals surface area contributed by atoms with Crippen LogP contribution in [0.5, 0.6) is 17.2 Å². The highest BCUT2D eigenvalue weighted by atomic mass is 32.2. The molecule has 0 radical (unpaired) electrons. The number of hydrogen-bond donors (Lipinski definition) is 1. The van der Waals surface area contributed by atoms with E-state index in [1.165, 1.54) is 0 Å². The molecule has 4 amide bonds. The van der Waals surface area contributed by atoms with Gasteiger partial charge < -0.3 is 13.1 Å². The fraction of sp³-hybridized carbons (Fsp3) is 0.120. The molecule has 3 aromatic carbocycles. The highest BCUT2D eigenvalue weighted by molar-refractivity contribution is 7.88. The Kier molecular flexibility index (Phi) is 9.11. The van der Waals surface area contributed by atoms with E-state index in [-0.39, 0.29) is 11.3 Å². The van der Waals surface area contributed by atoms with Gasteiger partial charge >= 0.3 is 37.6 Å². The van der Waals surface area contributed by atoms with Crippen LogP contribution in [-0.2, 0) is 20.2 Å². The van der Waals surface area contributed by atoms with Crippen molar-refractivity contribution >= 4 is 49.6 Å². The standard InChI is InChI=1S/C16H7F6NO6S.C9H4F3NO5S/c17-15(18,19)28-9-6-4-8(5-7-9)23-13(24)10-2-1-3-11(12(10)14(23)25)29-30(26,27)16(20,21)22;10-9(11,12)19(16,17)18-5-3-1-2-4-6(5)8(15)13-7(4)14/h1-7H;1-3H,(H,13,14,15). The molecule has 2 aliphatic heterocycles. The van der Waals surface area contributed by atoms with Gasteiger partial charge in [0.1, 0.15) is 5.75 Å². The molecule has 0 unspecified atom stereocenters. The van der Waals surface area contributed by atoms with Gasteiger partial charge in [-0.15, -0.1) is 13.2 Å². The van der Waals surface area contributed by atoms with Gasteiger partial charge in [-0.05, 0) is 48.5 Å². The second-order valence-electron chi connectivity index (χ2n) is 9.09. The van der Waals surface area contributed by atoms with Crippen LogP contribution in [0.25, 0.3) is 0 Å². The van der Waals surface area contributed by atoms with Crippen LogP contribution in [0.15, 0.2) is 60.7 Å². The third kappa shape index (κ3) is 7.38. The van der Waals surface area contributed by atoms with Crippen LogP contribution in [0.4, 0.5) is 45.2 Å². The van der Waals surface area contributed by atoms with Gasteiger partial charge in [-0.2, -0.15) is 43.2 Å². The van der Waals surface area contributed by atoms with Gasteiger partial charge in [-0.1, -0.05) is 12.1 Å². The van der Waals surface area contributed by atoms with E-state index in [9.17, 15) is 75.5 Å². The van der Waals surface area contributed by atoms with Crippen molar-refractivity contribution in [3.63, 3.8) is 0 Å². The largest absolute Gasteiger partial charge is 0.573 e. The topological polar surface area (TPSA) is 180 Å². The lowest BCUT2D eigenvalue weighted by atomic mass is 10.1. The molecule has 1 N–H and O–H groups in total. The van der Waals surface area contributed by atoms with Gasteiger partial charge in [0.25, 0.3) is 23.6 Å². The number of benzene rings is 3. The van der Waals surface area contributed by atoms with Crippen LogP contribution in [-0.4, -0.2) is 57.8 Å². The highest BCUT2D eigenvalue weighted by Gasteiger charge is 2.51. The van der Waals surface area contributed by atoms with E-state index in [1.54, 1.807) is 0 Å². The monoisotopic (exact) mass is 750 g/mol. The number of carbonyl (C=O) groups is 4. The summed E-state index contributed by atoms with van der Waals surface area (Å²) in [7, 11) is -12.0. The Morgan fingerprint density at radius 3 is 1.51 bits per heavy atom. The summed E-state index contributed by atoms with van der Waals surface area (Å²) in [5, 5.41) is 1.81. The van der Waals surface area contributed by atoms with Crippen molar-refractivity contribution in [2.45, 2.75) is 17.4 Å². The summed E-state index contributed by atoms with van der Waals surface area (Å²) in [6.07, 6.45) is -4.98. The smallest absolute Gasteiger partial charge is 0.406 e. The zero-order valence-corrected chi connectivity index (χ0v) is 24.6. The molecule has 24 heteroatoms. The molecule has 0 atom stereocenters. The van der Waals surface area contributed by atoms with E-state index < -0.39 is 95.2 Å². The number of anilines is 1. The van der Waals surface area contributed by atoms with Gasteiger partial charge in [0.05, 0.1) is 27.9 Å². The second kappa shape index (κ2) is 12.2.